The summed E-state index contributed by atoms with van der Waals surface area (Å²) in [6.45, 7) is 3.16. The second kappa shape index (κ2) is 9.45. The largest absolute Gasteiger partial charge is 0.379 e. The van der Waals surface area contributed by atoms with Crippen molar-refractivity contribution in [3.63, 3.8) is 0 Å². The van der Waals surface area contributed by atoms with E-state index < -0.39 is 0 Å². The molecule has 0 bridgehead atoms. The molecule has 0 aromatic carbocycles. The molecule has 1 saturated carbocycles. The van der Waals surface area contributed by atoms with Crippen molar-refractivity contribution in [2.45, 2.75) is 51.3 Å². The van der Waals surface area contributed by atoms with Gasteiger partial charge in [0.2, 0.25) is 5.91 Å². The number of imidazole rings is 1. The first kappa shape index (κ1) is 20.0. The summed E-state index contributed by atoms with van der Waals surface area (Å²) in [5, 5.41) is 16.2. The highest BCUT2D eigenvalue weighted by molar-refractivity contribution is 5.93. The normalized spacial score (nSPS) is 22.0. The summed E-state index contributed by atoms with van der Waals surface area (Å²) in [7, 11) is 1.61. The molecular weight excluding hydrogens is 362 g/mol. The lowest BCUT2D eigenvalue weighted by molar-refractivity contribution is -0.127. The van der Waals surface area contributed by atoms with E-state index in [1.807, 2.05) is 10.8 Å². The number of H-pyrrole nitrogens is 1. The van der Waals surface area contributed by atoms with Crippen LogP contribution in [0, 0.1) is 12.8 Å². The van der Waals surface area contributed by atoms with Crippen LogP contribution in [0.25, 0.3) is 0 Å². The van der Waals surface area contributed by atoms with Crippen LogP contribution in [0.1, 0.15) is 41.9 Å². The zero-order valence-electron chi connectivity index (χ0n) is 16.2. The lowest BCUT2D eigenvalue weighted by Gasteiger charge is -2.35. The fourth-order valence-electron chi connectivity index (χ4n) is 3.57. The summed E-state index contributed by atoms with van der Waals surface area (Å²) in [6.07, 6.45) is 7.99. The molecule has 10 nitrogen and oxygen atoms in total. The summed E-state index contributed by atoms with van der Waals surface area (Å²) < 4.78 is 7.54. The van der Waals surface area contributed by atoms with E-state index in [9.17, 15) is 9.59 Å². The first-order valence-electron chi connectivity index (χ1n) is 9.53. The van der Waals surface area contributed by atoms with E-state index in [2.05, 4.69) is 31.0 Å². The van der Waals surface area contributed by atoms with Crippen LogP contribution in [0.5, 0.6) is 0 Å². The standard InChI is InChI=1S/C18H27N7O3/c1-12-16(23-24-22-12)18(27)21-14-5-4-13(10-15(14)28-2)17(26)20-6-3-8-25-9-7-19-11-25/h7,9,11,13-15H,3-6,8,10H2,1-2H3,(H,20,26)(H,21,27)(H,22,23,24)/t13-,14-,15-/m0/s1. The maximum Gasteiger partial charge on any atom is 0.274 e. The molecular formula is C18H27N7O3. The van der Waals surface area contributed by atoms with Crippen LogP contribution in [0.2, 0.25) is 0 Å². The summed E-state index contributed by atoms with van der Waals surface area (Å²) in [4.78, 5) is 28.9. The predicted octanol–water partition coefficient (Wildman–Crippen LogP) is 0.430. The molecule has 3 N–H and O–H groups in total. The molecule has 152 valence electrons. The van der Waals surface area contributed by atoms with E-state index in [-0.39, 0.29) is 35.6 Å². The molecule has 1 fully saturated rings. The molecule has 0 aliphatic heterocycles. The third kappa shape index (κ3) is 4.94. The van der Waals surface area contributed by atoms with Crippen molar-refractivity contribution in [3.8, 4) is 0 Å². The number of nitrogens with one attached hydrogen (secondary N) is 3. The fraction of sp³-hybridized carbons (Fsp3) is 0.611. The van der Waals surface area contributed by atoms with Gasteiger partial charge in [0.1, 0.15) is 0 Å². The minimum absolute atomic E-state index is 0.0461. The Bertz CT molecular complexity index is 774. The molecule has 3 rings (SSSR count). The van der Waals surface area contributed by atoms with Gasteiger partial charge >= 0.3 is 0 Å². The number of aryl methyl sites for hydroxylation is 2. The third-order valence-corrected chi connectivity index (χ3v) is 5.17. The van der Waals surface area contributed by atoms with Gasteiger partial charge in [0.05, 0.1) is 24.2 Å². The molecule has 1 aliphatic rings. The number of rotatable bonds is 8. The number of nitrogens with zero attached hydrogens (tertiary/aromatic N) is 4. The smallest absolute Gasteiger partial charge is 0.274 e. The zero-order chi connectivity index (χ0) is 19.9. The monoisotopic (exact) mass is 389 g/mol. The molecule has 2 aromatic rings. The summed E-state index contributed by atoms with van der Waals surface area (Å²) in [6, 6.07) is -0.154. The van der Waals surface area contributed by atoms with E-state index in [1.165, 1.54) is 0 Å². The third-order valence-electron chi connectivity index (χ3n) is 5.17. The Balaban J connectivity index is 1.44. The predicted molar refractivity (Wildman–Crippen MR) is 100 cm³/mol. The molecule has 2 amide bonds. The van der Waals surface area contributed by atoms with Gasteiger partial charge in [-0.1, -0.05) is 0 Å². The zero-order valence-corrected chi connectivity index (χ0v) is 16.2. The minimum atomic E-state index is -0.277. The van der Waals surface area contributed by atoms with Gasteiger partial charge in [-0.05, 0) is 32.6 Å². The van der Waals surface area contributed by atoms with E-state index in [0.717, 1.165) is 13.0 Å². The number of amides is 2. The topological polar surface area (TPSA) is 127 Å². The van der Waals surface area contributed by atoms with Crippen LogP contribution < -0.4 is 10.6 Å². The van der Waals surface area contributed by atoms with Gasteiger partial charge in [-0.3, -0.25) is 9.59 Å². The Labute approximate surface area is 163 Å². The molecule has 3 atom stereocenters. The Kier molecular flexibility index (Phi) is 6.75. The number of methoxy groups -OCH3 is 1. The molecule has 2 aromatic heterocycles. The highest BCUT2D eigenvalue weighted by Gasteiger charge is 2.35. The van der Waals surface area contributed by atoms with Crippen LogP contribution in [0.4, 0.5) is 0 Å². The van der Waals surface area contributed by atoms with E-state index in [1.54, 1.807) is 26.6 Å². The lowest BCUT2D eigenvalue weighted by Crippen LogP contribution is -2.50. The number of carbonyl (C=O) groups excluding carboxylic acids is 2. The number of hydrogen-bond acceptors (Lipinski definition) is 6. The summed E-state index contributed by atoms with van der Waals surface area (Å²) in [5.41, 5.74) is 0.836. The van der Waals surface area contributed by atoms with Crippen molar-refractivity contribution in [1.82, 2.24) is 35.6 Å². The second-order valence-corrected chi connectivity index (χ2v) is 7.07. The van der Waals surface area contributed by atoms with E-state index in [4.69, 9.17) is 4.74 Å². The average Bonchev–Trinajstić information content (AvgIpc) is 3.36. The summed E-state index contributed by atoms with van der Waals surface area (Å²) >= 11 is 0. The molecule has 0 unspecified atom stereocenters. The first-order chi connectivity index (χ1) is 13.6. The van der Waals surface area contributed by atoms with Crippen molar-refractivity contribution < 1.29 is 14.3 Å². The molecule has 0 radical (unpaired) electrons. The lowest BCUT2D eigenvalue weighted by atomic mass is 9.83. The number of aromatic amines is 1. The van der Waals surface area contributed by atoms with Crippen LogP contribution in [0.3, 0.4) is 0 Å². The van der Waals surface area contributed by atoms with Crippen molar-refractivity contribution in [3.05, 3.63) is 30.1 Å². The van der Waals surface area contributed by atoms with Gasteiger partial charge in [-0.15, -0.1) is 0 Å². The highest BCUT2D eigenvalue weighted by Crippen LogP contribution is 2.27. The Morgan fingerprint density at radius 3 is 2.89 bits per heavy atom. The van der Waals surface area contributed by atoms with Crippen molar-refractivity contribution in [1.29, 1.82) is 0 Å². The van der Waals surface area contributed by atoms with Crippen LogP contribution in [-0.2, 0) is 16.1 Å². The number of aromatic nitrogens is 5. The van der Waals surface area contributed by atoms with Gasteiger partial charge < -0.3 is 19.9 Å². The Morgan fingerprint density at radius 2 is 2.21 bits per heavy atom. The number of carbonyl (C=O) groups is 2. The molecule has 28 heavy (non-hydrogen) atoms. The molecule has 2 heterocycles. The molecule has 1 aliphatic carbocycles. The summed E-state index contributed by atoms with van der Waals surface area (Å²) in [5.74, 6) is -0.342. The Hall–Kier alpha value is -2.75. The number of ether oxygens (including phenoxy) is 1. The van der Waals surface area contributed by atoms with Gasteiger partial charge in [0, 0.05) is 38.5 Å². The van der Waals surface area contributed by atoms with E-state index >= 15 is 0 Å². The SMILES string of the molecule is CO[C@H]1C[C@@H](C(=O)NCCCn2ccnc2)CC[C@@H]1NC(=O)c1n[nH]nc1C. The van der Waals surface area contributed by atoms with Gasteiger partial charge in [0.15, 0.2) is 5.69 Å². The maximum atomic E-state index is 12.5. The quantitative estimate of drug-likeness (QED) is 0.562. The minimum Gasteiger partial charge on any atom is -0.379 e. The van der Waals surface area contributed by atoms with Crippen LogP contribution in [0.15, 0.2) is 18.7 Å². The second-order valence-electron chi connectivity index (χ2n) is 7.07. The van der Waals surface area contributed by atoms with Crippen molar-refractivity contribution in [2.75, 3.05) is 13.7 Å². The van der Waals surface area contributed by atoms with Crippen molar-refractivity contribution in [2.24, 2.45) is 5.92 Å². The van der Waals surface area contributed by atoms with Crippen LogP contribution in [-0.4, -0.2) is 62.6 Å². The first-order valence-corrected chi connectivity index (χ1v) is 9.53. The number of hydrogen-bond donors (Lipinski definition) is 3. The average molecular weight is 389 g/mol. The molecule has 10 heteroatoms. The Morgan fingerprint density at radius 1 is 1.36 bits per heavy atom. The maximum absolute atomic E-state index is 12.5. The van der Waals surface area contributed by atoms with Gasteiger partial charge in [-0.2, -0.15) is 15.4 Å². The van der Waals surface area contributed by atoms with Crippen LogP contribution >= 0.6 is 0 Å². The highest BCUT2D eigenvalue weighted by atomic mass is 16.5. The molecule has 0 saturated heterocycles. The van der Waals surface area contributed by atoms with Crippen molar-refractivity contribution >= 4 is 11.8 Å². The van der Waals surface area contributed by atoms with Gasteiger partial charge in [-0.25, -0.2) is 4.98 Å². The van der Waals surface area contributed by atoms with E-state index in [0.29, 0.717) is 31.5 Å². The fourth-order valence-corrected chi connectivity index (χ4v) is 3.57. The van der Waals surface area contributed by atoms with Gasteiger partial charge in [0.25, 0.3) is 5.91 Å². The molecule has 0 spiro atoms.